The van der Waals surface area contributed by atoms with E-state index >= 15 is 0 Å². The van der Waals surface area contributed by atoms with Crippen molar-refractivity contribution in [1.82, 2.24) is 9.97 Å². The predicted molar refractivity (Wildman–Crippen MR) is 90.3 cm³/mol. The number of H-pyrrole nitrogens is 1. The zero-order valence-electron chi connectivity index (χ0n) is 11.2. The highest BCUT2D eigenvalue weighted by Gasteiger charge is 2.25. The molecule has 23 heavy (non-hydrogen) atoms. The van der Waals surface area contributed by atoms with E-state index in [9.17, 15) is 13.6 Å². The Labute approximate surface area is 147 Å². The van der Waals surface area contributed by atoms with Crippen LogP contribution in [0.25, 0.3) is 22.2 Å². The van der Waals surface area contributed by atoms with Crippen LogP contribution >= 0.6 is 34.6 Å². The third-order valence-electron chi connectivity index (χ3n) is 3.30. The lowest BCUT2D eigenvalue weighted by Crippen LogP contribution is -2.09. The lowest BCUT2D eigenvalue weighted by Gasteiger charge is -2.11. The van der Waals surface area contributed by atoms with Gasteiger partial charge in [-0.3, -0.25) is 0 Å². The molecular formula is C14H7ClF2IN3O2. The Hall–Kier alpha value is -1.94. The van der Waals surface area contributed by atoms with Crippen molar-refractivity contribution in [2.75, 3.05) is 5.73 Å². The highest BCUT2D eigenvalue weighted by Crippen LogP contribution is 2.35. The summed E-state index contributed by atoms with van der Waals surface area (Å²) >= 11 is 7.15. The van der Waals surface area contributed by atoms with Crippen LogP contribution in [0.4, 0.5) is 14.5 Å². The van der Waals surface area contributed by atoms with Crippen LogP contribution in [-0.2, 0) is 3.07 Å². The second-order valence-corrected chi connectivity index (χ2v) is 5.40. The highest BCUT2D eigenvalue weighted by atomic mass is 127. The Balaban J connectivity index is 2.31. The number of pyridine rings is 1. The number of nitrogen functional groups attached to an aromatic ring is 1. The summed E-state index contributed by atoms with van der Waals surface area (Å²) < 4.78 is 33.5. The van der Waals surface area contributed by atoms with Gasteiger partial charge in [-0.05, 0) is 12.1 Å². The van der Waals surface area contributed by atoms with E-state index in [0.29, 0.717) is 5.39 Å². The first kappa shape index (κ1) is 15.9. The van der Waals surface area contributed by atoms with E-state index in [1.807, 2.05) is 0 Å². The van der Waals surface area contributed by atoms with Gasteiger partial charge in [0.05, 0.1) is 16.2 Å². The Kier molecular flexibility index (Phi) is 4.11. The molecule has 3 N–H and O–H groups in total. The minimum Gasteiger partial charge on any atom is -0.395 e. The summed E-state index contributed by atoms with van der Waals surface area (Å²) in [5.41, 5.74) is 4.30. The molecule has 3 aromatic rings. The van der Waals surface area contributed by atoms with Gasteiger partial charge in [0.2, 0.25) is 0 Å². The molecule has 5 nitrogen and oxygen atoms in total. The molecule has 2 aromatic heterocycles. The van der Waals surface area contributed by atoms with Gasteiger partial charge < -0.3 is 13.8 Å². The maximum Gasteiger partial charge on any atom is 0.368 e. The number of hydrogen-bond donors (Lipinski definition) is 2. The van der Waals surface area contributed by atoms with E-state index in [0.717, 1.165) is 0 Å². The largest absolute Gasteiger partial charge is 0.395 e. The molecule has 0 unspecified atom stereocenters. The summed E-state index contributed by atoms with van der Waals surface area (Å²) in [6, 6.07) is 4.61. The van der Waals surface area contributed by atoms with Crippen molar-refractivity contribution in [3.63, 3.8) is 0 Å². The lowest BCUT2D eigenvalue weighted by molar-refractivity contribution is 0.0794. The summed E-state index contributed by atoms with van der Waals surface area (Å²) in [5, 5.41) is 0.231. The van der Waals surface area contributed by atoms with Gasteiger partial charge in [0.1, 0.15) is 5.69 Å². The van der Waals surface area contributed by atoms with E-state index < -0.39 is 29.0 Å². The average molecular weight is 450 g/mol. The SMILES string of the molecule is Nc1c(F)c(-c2ccc3cc[nH]c3c2F)nc(C(=O)OI)c1Cl. The van der Waals surface area contributed by atoms with Gasteiger partial charge in [-0.1, -0.05) is 17.7 Å². The molecule has 0 aliphatic heterocycles. The Morgan fingerprint density at radius 3 is 2.74 bits per heavy atom. The predicted octanol–water partition coefficient (Wildman–Crippen LogP) is 4.25. The summed E-state index contributed by atoms with van der Waals surface area (Å²) in [6.45, 7) is 0. The van der Waals surface area contributed by atoms with Crippen LogP contribution in [0.1, 0.15) is 10.5 Å². The molecule has 0 atom stereocenters. The number of nitrogens with two attached hydrogens (primary N) is 1. The zero-order valence-corrected chi connectivity index (χ0v) is 14.1. The number of anilines is 1. The summed E-state index contributed by atoms with van der Waals surface area (Å²) in [4.78, 5) is 18.2. The molecule has 0 aliphatic rings. The summed E-state index contributed by atoms with van der Waals surface area (Å²) in [5.74, 6) is -2.64. The minimum absolute atomic E-state index is 0.150. The summed E-state index contributed by atoms with van der Waals surface area (Å²) in [6.07, 6.45) is 1.55. The number of benzene rings is 1. The molecule has 9 heteroatoms. The number of rotatable bonds is 2. The fourth-order valence-corrected chi connectivity index (χ4v) is 2.60. The first-order chi connectivity index (χ1) is 11.0. The third-order valence-corrected chi connectivity index (χ3v) is 4.08. The zero-order chi connectivity index (χ0) is 16.7. The molecule has 1 aromatic carbocycles. The maximum absolute atomic E-state index is 14.6. The lowest BCUT2D eigenvalue weighted by atomic mass is 10.1. The highest BCUT2D eigenvalue weighted by molar-refractivity contribution is 14.1. The number of nitrogens with zero attached hydrogens (tertiary/aromatic N) is 1. The van der Waals surface area contributed by atoms with Crippen LogP contribution in [0.5, 0.6) is 0 Å². The van der Waals surface area contributed by atoms with Gasteiger partial charge in [0, 0.05) is 17.1 Å². The second-order valence-electron chi connectivity index (χ2n) is 4.58. The fourth-order valence-electron chi connectivity index (χ4n) is 2.19. The van der Waals surface area contributed by atoms with Crippen molar-refractivity contribution in [1.29, 1.82) is 0 Å². The van der Waals surface area contributed by atoms with Crippen molar-refractivity contribution in [3.8, 4) is 11.3 Å². The number of hydrogen-bond acceptors (Lipinski definition) is 4. The molecule has 3 rings (SSSR count). The minimum atomic E-state index is -1.01. The van der Waals surface area contributed by atoms with Crippen molar-refractivity contribution >= 4 is 57.2 Å². The Morgan fingerprint density at radius 1 is 1.30 bits per heavy atom. The molecule has 0 fully saturated rings. The topological polar surface area (TPSA) is 81.0 Å². The van der Waals surface area contributed by atoms with Crippen LogP contribution < -0.4 is 5.73 Å². The van der Waals surface area contributed by atoms with Crippen LogP contribution in [-0.4, -0.2) is 15.9 Å². The first-order valence-electron chi connectivity index (χ1n) is 6.19. The van der Waals surface area contributed by atoms with Crippen molar-refractivity contribution in [2.24, 2.45) is 0 Å². The van der Waals surface area contributed by atoms with Gasteiger partial charge in [0.25, 0.3) is 0 Å². The number of aromatic nitrogens is 2. The van der Waals surface area contributed by atoms with Gasteiger partial charge in [-0.2, -0.15) is 0 Å². The second kappa shape index (κ2) is 5.93. The van der Waals surface area contributed by atoms with Crippen molar-refractivity contribution in [2.45, 2.75) is 0 Å². The standard InChI is InChI=1S/C14H7ClF2IN3O2/c15-7-10(19)9(17)12(21-13(7)14(22)23-18)6-2-1-5-3-4-20-11(5)8(6)16/h1-4,20H,(H2,19,21). The number of carbonyl (C=O) groups is 1. The molecule has 0 aliphatic carbocycles. The normalized spacial score (nSPS) is 11.0. The van der Waals surface area contributed by atoms with E-state index in [2.05, 4.69) is 13.0 Å². The number of aromatic amines is 1. The van der Waals surface area contributed by atoms with E-state index in [1.54, 1.807) is 18.3 Å². The Bertz CT molecular complexity index is 945. The molecule has 0 saturated carbocycles. The number of nitrogens with one attached hydrogen (secondary N) is 1. The number of fused-ring (bicyclic) bond motifs is 1. The molecule has 0 bridgehead atoms. The fraction of sp³-hybridized carbons (Fsp3) is 0. The van der Waals surface area contributed by atoms with Crippen LogP contribution in [0.15, 0.2) is 24.4 Å². The quantitative estimate of drug-likeness (QED) is 0.573. The molecule has 0 radical (unpaired) electrons. The van der Waals surface area contributed by atoms with Gasteiger partial charge >= 0.3 is 5.97 Å². The third kappa shape index (κ3) is 2.51. The molecular weight excluding hydrogens is 443 g/mol. The molecule has 0 amide bonds. The monoisotopic (exact) mass is 449 g/mol. The molecule has 118 valence electrons. The smallest absolute Gasteiger partial charge is 0.368 e. The number of carbonyl (C=O) groups excluding carboxylic acids is 1. The van der Waals surface area contributed by atoms with E-state index in [4.69, 9.17) is 17.3 Å². The van der Waals surface area contributed by atoms with Gasteiger partial charge in [-0.25, -0.2) is 18.6 Å². The number of halogens is 4. The van der Waals surface area contributed by atoms with Crippen LogP contribution in [0.3, 0.4) is 0 Å². The van der Waals surface area contributed by atoms with Crippen LogP contribution in [0, 0.1) is 11.6 Å². The van der Waals surface area contributed by atoms with Crippen molar-refractivity contribution in [3.05, 3.63) is 46.7 Å². The molecule has 0 saturated heterocycles. The van der Waals surface area contributed by atoms with E-state index in [-0.39, 0.29) is 21.8 Å². The Morgan fingerprint density at radius 2 is 2.04 bits per heavy atom. The molecule has 2 heterocycles. The first-order valence-corrected chi connectivity index (χ1v) is 7.45. The van der Waals surface area contributed by atoms with Gasteiger partial charge in [-0.15, -0.1) is 0 Å². The van der Waals surface area contributed by atoms with Crippen LogP contribution in [0.2, 0.25) is 5.02 Å². The summed E-state index contributed by atoms with van der Waals surface area (Å²) in [7, 11) is 0. The molecule has 0 spiro atoms. The maximum atomic E-state index is 14.6. The van der Waals surface area contributed by atoms with Crippen molar-refractivity contribution < 1.29 is 16.6 Å². The van der Waals surface area contributed by atoms with Gasteiger partial charge in [0.15, 0.2) is 40.3 Å². The average Bonchev–Trinajstić information content (AvgIpc) is 3.03. The van der Waals surface area contributed by atoms with E-state index in [1.165, 1.54) is 29.1 Å².